The van der Waals surface area contributed by atoms with Gasteiger partial charge in [-0.1, -0.05) is 0 Å². The van der Waals surface area contributed by atoms with Gasteiger partial charge in [0.2, 0.25) is 0 Å². The first-order valence-electron chi connectivity index (χ1n) is 6.19. The highest BCUT2D eigenvalue weighted by Gasteiger charge is 2.38. The van der Waals surface area contributed by atoms with Crippen LogP contribution in [0.25, 0.3) is 0 Å². The summed E-state index contributed by atoms with van der Waals surface area (Å²) in [5.74, 6) is 0.192. The Balaban J connectivity index is 2.04. The number of ether oxygens (including phenoxy) is 1. The average molecular weight is 306 g/mol. The number of benzene rings is 1. The van der Waals surface area contributed by atoms with Crippen LogP contribution in [0.3, 0.4) is 0 Å². The van der Waals surface area contributed by atoms with Crippen molar-refractivity contribution in [2.75, 3.05) is 25.3 Å². The lowest BCUT2D eigenvalue weighted by atomic mass is 10.1. The normalized spacial score (nSPS) is 18.7. The summed E-state index contributed by atoms with van der Waals surface area (Å²) in [6.07, 6.45) is -3.98. The van der Waals surface area contributed by atoms with Crippen molar-refractivity contribution in [3.8, 4) is 0 Å². The molecule has 0 radical (unpaired) electrons. The first-order chi connectivity index (χ1) is 9.88. The molecule has 1 aliphatic heterocycles. The molecule has 21 heavy (non-hydrogen) atoms. The third-order valence-electron chi connectivity index (χ3n) is 3.03. The van der Waals surface area contributed by atoms with E-state index < -0.39 is 22.4 Å². The maximum Gasteiger partial charge on any atom is 0.423 e. The number of hydrogen-bond donors (Lipinski definition) is 1. The molecule has 0 spiro atoms. The average Bonchev–Trinajstić information content (AvgIpc) is 2.90. The number of halogens is 3. The number of alkyl halides is 3. The molecule has 0 aliphatic carbocycles. The van der Waals surface area contributed by atoms with E-state index in [2.05, 4.69) is 5.48 Å². The van der Waals surface area contributed by atoms with Gasteiger partial charge in [-0.25, -0.2) is 0 Å². The first kappa shape index (κ1) is 15.5. The lowest BCUT2D eigenvalue weighted by molar-refractivity contribution is -0.388. The van der Waals surface area contributed by atoms with Crippen LogP contribution in [-0.4, -0.2) is 24.7 Å². The zero-order chi connectivity index (χ0) is 15.5. The molecular weight excluding hydrogens is 293 g/mol. The molecule has 1 atom stereocenters. The lowest BCUT2D eigenvalue weighted by Gasteiger charge is -2.12. The molecule has 0 aromatic heterocycles. The van der Waals surface area contributed by atoms with Crippen molar-refractivity contribution in [3.63, 3.8) is 0 Å². The van der Waals surface area contributed by atoms with E-state index in [0.29, 0.717) is 25.9 Å². The third kappa shape index (κ3) is 4.05. The van der Waals surface area contributed by atoms with Gasteiger partial charge < -0.3 is 4.74 Å². The summed E-state index contributed by atoms with van der Waals surface area (Å²) in [6, 6.07) is 2.62. The summed E-state index contributed by atoms with van der Waals surface area (Å²) in [6.45, 7) is 1.48. The number of anilines is 1. The molecule has 0 amide bonds. The van der Waals surface area contributed by atoms with Crippen LogP contribution in [0.2, 0.25) is 0 Å². The highest BCUT2D eigenvalue weighted by Crippen LogP contribution is 2.37. The van der Waals surface area contributed by atoms with Crippen LogP contribution in [0, 0.1) is 16.0 Å². The Morgan fingerprint density at radius 1 is 1.48 bits per heavy atom. The van der Waals surface area contributed by atoms with E-state index in [1.165, 1.54) is 6.07 Å². The van der Waals surface area contributed by atoms with Crippen LogP contribution in [0.5, 0.6) is 0 Å². The second-order valence-electron chi connectivity index (χ2n) is 4.63. The van der Waals surface area contributed by atoms with Crippen LogP contribution in [0.4, 0.5) is 24.5 Å². The van der Waals surface area contributed by atoms with Crippen LogP contribution >= 0.6 is 0 Å². The standard InChI is InChI=1S/C12H13F3N2O4/c13-12(14,15)10-5-9(1-2-11(10)17(18)19)16-21-7-8-3-4-20-6-8/h1-2,5,8,16H,3-4,6-7H2. The Kier molecular flexibility index (Phi) is 4.63. The van der Waals surface area contributed by atoms with E-state index in [1.54, 1.807) is 0 Å². The van der Waals surface area contributed by atoms with Gasteiger partial charge in [-0.15, -0.1) is 0 Å². The fraction of sp³-hybridized carbons (Fsp3) is 0.500. The van der Waals surface area contributed by atoms with Gasteiger partial charge in [0, 0.05) is 18.6 Å². The van der Waals surface area contributed by atoms with Crippen LogP contribution in [0.15, 0.2) is 18.2 Å². The molecule has 2 rings (SSSR count). The second-order valence-corrected chi connectivity index (χ2v) is 4.63. The Morgan fingerprint density at radius 2 is 2.24 bits per heavy atom. The molecule has 116 valence electrons. The number of nitro groups is 1. The van der Waals surface area contributed by atoms with Gasteiger partial charge >= 0.3 is 6.18 Å². The van der Waals surface area contributed by atoms with Crippen molar-refractivity contribution in [3.05, 3.63) is 33.9 Å². The molecule has 0 saturated carbocycles. The van der Waals surface area contributed by atoms with E-state index >= 15 is 0 Å². The van der Waals surface area contributed by atoms with Gasteiger partial charge in [0.25, 0.3) is 5.69 Å². The molecule has 1 N–H and O–H groups in total. The van der Waals surface area contributed by atoms with E-state index in [-0.39, 0.29) is 11.6 Å². The van der Waals surface area contributed by atoms with Gasteiger partial charge in [0.05, 0.1) is 23.8 Å². The SMILES string of the molecule is O=[N+]([O-])c1ccc(NOCC2CCOC2)cc1C(F)(F)F. The summed E-state index contributed by atoms with van der Waals surface area (Å²) in [4.78, 5) is 14.6. The van der Waals surface area contributed by atoms with E-state index in [0.717, 1.165) is 12.5 Å². The molecule has 1 aromatic rings. The van der Waals surface area contributed by atoms with Gasteiger partial charge in [0.15, 0.2) is 0 Å². The number of nitrogens with one attached hydrogen (secondary N) is 1. The summed E-state index contributed by atoms with van der Waals surface area (Å²) in [5.41, 5.74) is 0.0752. The smallest absolute Gasteiger partial charge is 0.381 e. The molecule has 1 fully saturated rings. The van der Waals surface area contributed by atoms with Crippen LogP contribution in [-0.2, 0) is 15.8 Å². The van der Waals surface area contributed by atoms with E-state index in [1.807, 2.05) is 0 Å². The minimum absolute atomic E-state index is 0.00633. The molecular formula is C12H13F3N2O4. The topological polar surface area (TPSA) is 73.6 Å². The van der Waals surface area contributed by atoms with Gasteiger partial charge in [-0.05, 0) is 18.6 Å². The molecule has 1 unspecified atom stereocenters. The number of nitrogens with zero attached hydrogens (tertiary/aromatic N) is 1. The summed E-state index contributed by atoms with van der Waals surface area (Å²) in [7, 11) is 0. The van der Waals surface area contributed by atoms with Crippen molar-refractivity contribution < 1.29 is 27.7 Å². The Labute approximate surface area is 117 Å². The minimum Gasteiger partial charge on any atom is -0.381 e. The molecule has 1 heterocycles. The predicted molar refractivity (Wildman–Crippen MR) is 66.6 cm³/mol. The number of hydrogen-bond acceptors (Lipinski definition) is 5. The number of nitro benzene ring substituents is 1. The van der Waals surface area contributed by atoms with Crippen LogP contribution in [0.1, 0.15) is 12.0 Å². The summed E-state index contributed by atoms with van der Waals surface area (Å²) >= 11 is 0. The Morgan fingerprint density at radius 3 is 2.81 bits per heavy atom. The Hall–Kier alpha value is -1.87. The van der Waals surface area contributed by atoms with E-state index in [4.69, 9.17) is 9.57 Å². The monoisotopic (exact) mass is 306 g/mol. The Bertz CT molecular complexity index is 516. The maximum atomic E-state index is 12.8. The highest BCUT2D eigenvalue weighted by atomic mass is 19.4. The van der Waals surface area contributed by atoms with Crippen molar-refractivity contribution in [1.29, 1.82) is 0 Å². The van der Waals surface area contributed by atoms with Gasteiger partial charge in [-0.2, -0.15) is 13.2 Å². The quantitative estimate of drug-likeness (QED) is 0.668. The van der Waals surface area contributed by atoms with Gasteiger partial charge in [0.1, 0.15) is 5.56 Å². The zero-order valence-electron chi connectivity index (χ0n) is 10.9. The molecule has 1 aromatic carbocycles. The maximum absolute atomic E-state index is 12.8. The van der Waals surface area contributed by atoms with Crippen molar-refractivity contribution in [2.45, 2.75) is 12.6 Å². The zero-order valence-corrected chi connectivity index (χ0v) is 10.9. The second kappa shape index (κ2) is 6.27. The summed E-state index contributed by atoms with van der Waals surface area (Å²) in [5, 5.41) is 10.6. The molecule has 6 nitrogen and oxygen atoms in total. The fourth-order valence-corrected chi connectivity index (χ4v) is 1.94. The molecule has 1 saturated heterocycles. The molecule has 1 aliphatic rings. The number of rotatable bonds is 5. The van der Waals surface area contributed by atoms with Crippen molar-refractivity contribution >= 4 is 11.4 Å². The lowest BCUT2D eigenvalue weighted by Crippen LogP contribution is -2.14. The predicted octanol–water partition coefficient (Wildman–Crippen LogP) is 2.99. The summed E-state index contributed by atoms with van der Waals surface area (Å²) < 4.78 is 43.4. The largest absolute Gasteiger partial charge is 0.423 e. The molecule has 0 bridgehead atoms. The fourth-order valence-electron chi connectivity index (χ4n) is 1.94. The third-order valence-corrected chi connectivity index (χ3v) is 3.03. The van der Waals surface area contributed by atoms with Crippen molar-refractivity contribution in [2.24, 2.45) is 5.92 Å². The minimum atomic E-state index is -4.81. The molecule has 9 heteroatoms. The van der Waals surface area contributed by atoms with Gasteiger partial charge in [-0.3, -0.25) is 20.4 Å². The first-order valence-corrected chi connectivity index (χ1v) is 6.19. The van der Waals surface area contributed by atoms with Crippen molar-refractivity contribution in [1.82, 2.24) is 0 Å². The van der Waals surface area contributed by atoms with Crippen LogP contribution < -0.4 is 5.48 Å². The van der Waals surface area contributed by atoms with E-state index in [9.17, 15) is 23.3 Å². The highest BCUT2D eigenvalue weighted by molar-refractivity contribution is 5.54.